The van der Waals surface area contributed by atoms with E-state index in [0.717, 1.165) is 12.8 Å². The van der Waals surface area contributed by atoms with Crippen molar-refractivity contribution in [1.82, 2.24) is 10.6 Å². The fourth-order valence-electron chi connectivity index (χ4n) is 2.37. The third kappa shape index (κ3) is 3.91. The Morgan fingerprint density at radius 3 is 2.52 bits per heavy atom. The number of carbonyl (C=O) groups excluding carboxylic acids is 1. The van der Waals surface area contributed by atoms with Gasteiger partial charge in [0.1, 0.15) is 11.6 Å². The molecular formula is C15H20F2N2O2. The Morgan fingerprint density at radius 2 is 2.00 bits per heavy atom. The Morgan fingerprint density at radius 1 is 1.38 bits per heavy atom. The van der Waals surface area contributed by atoms with E-state index in [0.29, 0.717) is 0 Å². The van der Waals surface area contributed by atoms with E-state index < -0.39 is 23.2 Å². The predicted octanol–water partition coefficient (Wildman–Crippen LogP) is 1.97. The summed E-state index contributed by atoms with van der Waals surface area (Å²) in [6.45, 7) is 1.78. The average Bonchev–Trinajstić information content (AvgIpc) is 3.27. The predicted molar refractivity (Wildman–Crippen MR) is 74.8 cm³/mol. The van der Waals surface area contributed by atoms with E-state index in [4.69, 9.17) is 0 Å². The SMILES string of the molecule is CC(CO)(NC(=O)NCCc1c(F)cccc1F)C1CC1. The molecule has 1 aromatic rings. The number of aliphatic hydroxyl groups is 1. The van der Waals surface area contributed by atoms with Crippen LogP contribution in [0.15, 0.2) is 18.2 Å². The molecule has 4 nitrogen and oxygen atoms in total. The molecule has 1 aliphatic rings. The quantitative estimate of drug-likeness (QED) is 0.752. The standard InChI is InChI=1S/C15H20F2N2O2/c1-15(9-20,10-5-6-10)19-14(21)18-8-7-11-12(16)3-2-4-13(11)17/h2-4,10,20H,5-9H2,1H3,(H2,18,19,21). The van der Waals surface area contributed by atoms with Crippen molar-refractivity contribution in [3.05, 3.63) is 35.4 Å². The number of amides is 2. The first-order valence-electron chi connectivity index (χ1n) is 7.06. The smallest absolute Gasteiger partial charge is 0.315 e. The highest BCUT2D eigenvalue weighted by molar-refractivity contribution is 5.74. The van der Waals surface area contributed by atoms with E-state index in [1.807, 2.05) is 0 Å². The molecule has 0 saturated heterocycles. The minimum Gasteiger partial charge on any atom is -0.394 e. The molecule has 1 unspecified atom stereocenters. The molecule has 0 bridgehead atoms. The van der Waals surface area contributed by atoms with Gasteiger partial charge in [-0.2, -0.15) is 0 Å². The lowest BCUT2D eigenvalue weighted by molar-refractivity contribution is 0.155. The van der Waals surface area contributed by atoms with Crippen molar-refractivity contribution < 1.29 is 18.7 Å². The van der Waals surface area contributed by atoms with Gasteiger partial charge in [0.25, 0.3) is 0 Å². The van der Waals surface area contributed by atoms with E-state index in [-0.39, 0.29) is 31.1 Å². The first-order valence-corrected chi connectivity index (χ1v) is 7.06. The molecular weight excluding hydrogens is 278 g/mol. The van der Waals surface area contributed by atoms with E-state index in [1.165, 1.54) is 18.2 Å². The summed E-state index contributed by atoms with van der Waals surface area (Å²) in [6, 6.07) is 3.24. The van der Waals surface area contributed by atoms with Gasteiger partial charge in [-0.25, -0.2) is 13.6 Å². The molecule has 2 rings (SSSR count). The van der Waals surface area contributed by atoms with Crippen LogP contribution in [0.2, 0.25) is 0 Å². The van der Waals surface area contributed by atoms with Crippen LogP contribution >= 0.6 is 0 Å². The van der Waals surface area contributed by atoms with Crippen LogP contribution in [0.3, 0.4) is 0 Å². The Hall–Kier alpha value is -1.69. The maximum atomic E-state index is 13.4. The first-order chi connectivity index (χ1) is 9.96. The van der Waals surface area contributed by atoms with Gasteiger partial charge >= 0.3 is 6.03 Å². The Bertz CT molecular complexity index is 500. The summed E-state index contributed by atoms with van der Waals surface area (Å²) in [6.07, 6.45) is 2.04. The highest BCUT2D eigenvalue weighted by atomic mass is 19.1. The monoisotopic (exact) mass is 298 g/mol. The number of rotatable bonds is 6. The number of carbonyl (C=O) groups is 1. The van der Waals surface area contributed by atoms with E-state index in [1.54, 1.807) is 6.92 Å². The number of hydrogen-bond acceptors (Lipinski definition) is 2. The average molecular weight is 298 g/mol. The molecule has 1 fully saturated rings. The number of halogens is 2. The molecule has 0 aromatic heterocycles. The second-order valence-corrected chi connectivity index (χ2v) is 5.68. The molecule has 0 radical (unpaired) electrons. The zero-order valence-electron chi connectivity index (χ0n) is 12.0. The van der Waals surface area contributed by atoms with Crippen molar-refractivity contribution >= 4 is 6.03 Å². The van der Waals surface area contributed by atoms with Crippen LogP contribution in [0.5, 0.6) is 0 Å². The van der Waals surface area contributed by atoms with Crippen molar-refractivity contribution in [3.8, 4) is 0 Å². The molecule has 6 heteroatoms. The third-order valence-electron chi connectivity index (χ3n) is 3.93. The van der Waals surface area contributed by atoms with Crippen LogP contribution in [0, 0.1) is 17.6 Å². The molecule has 0 heterocycles. The molecule has 116 valence electrons. The summed E-state index contributed by atoms with van der Waals surface area (Å²) in [7, 11) is 0. The van der Waals surface area contributed by atoms with Gasteiger partial charge < -0.3 is 15.7 Å². The maximum absolute atomic E-state index is 13.4. The molecule has 1 atom stereocenters. The van der Waals surface area contributed by atoms with Crippen LogP contribution in [-0.2, 0) is 6.42 Å². The van der Waals surface area contributed by atoms with Gasteiger partial charge in [-0.05, 0) is 44.2 Å². The Kier molecular flexibility index (Phi) is 4.77. The van der Waals surface area contributed by atoms with Crippen molar-refractivity contribution in [2.75, 3.05) is 13.2 Å². The van der Waals surface area contributed by atoms with Crippen LogP contribution in [0.4, 0.5) is 13.6 Å². The van der Waals surface area contributed by atoms with Gasteiger partial charge in [0, 0.05) is 12.1 Å². The van der Waals surface area contributed by atoms with Gasteiger partial charge in [-0.1, -0.05) is 6.07 Å². The number of benzene rings is 1. The second-order valence-electron chi connectivity index (χ2n) is 5.68. The summed E-state index contributed by atoms with van der Waals surface area (Å²) < 4.78 is 26.8. The molecule has 0 spiro atoms. The third-order valence-corrected chi connectivity index (χ3v) is 3.93. The minimum atomic E-state index is -0.632. The Labute approximate surface area is 122 Å². The molecule has 1 aromatic carbocycles. The van der Waals surface area contributed by atoms with Crippen LogP contribution in [-0.4, -0.2) is 29.8 Å². The fraction of sp³-hybridized carbons (Fsp3) is 0.533. The van der Waals surface area contributed by atoms with Gasteiger partial charge in [0.15, 0.2) is 0 Å². The zero-order valence-corrected chi connectivity index (χ0v) is 12.0. The van der Waals surface area contributed by atoms with Crippen LogP contribution in [0.25, 0.3) is 0 Å². The van der Waals surface area contributed by atoms with E-state index in [9.17, 15) is 18.7 Å². The van der Waals surface area contributed by atoms with Gasteiger partial charge in [-0.3, -0.25) is 0 Å². The van der Waals surface area contributed by atoms with Crippen LogP contribution < -0.4 is 10.6 Å². The number of aliphatic hydroxyl groups excluding tert-OH is 1. The van der Waals surface area contributed by atoms with Crippen molar-refractivity contribution in [1.29, 1.82) is 0 Å². The van der Waals surface area contributed by atoms with Gasteiger partial charge in [-0.15, -0.1) is 0 Å². The molecule has 3 N–H and O–H groups in total. The van der Waals surface area contributed by atoms with Crippen molar-refractivity contribution in [2.24, 2.45) is 5.92 Å². The highest BCUT2D eigenvalue weighted by Gasteiger charge is 2.42. The molecule has 2 amide bonds. The number of urea groups is 1. The fourth-order valence-corrected chi connectivity index (χ4v) is 2.37. The van der Waals surface area contributed by atoms with E-state index >= 15 is 0 Å². The molecule has 0 aliphatic heterocycles. The highest BCUT2D eigenvalue weighted by Crippen LogP contribution is 2.39. The minimum absolute atomic E-state index is 0.0371. The zero-order chi connectivity index (χ0) is 15.5. The summed E-state index contributed by atoms with van der Waals surface area (Å²) in [4.78, 5) is 11.8. The second kappa shape index (κ2) is 6.39. The molecule has 21 heavy (non-hydrogen) atoms. The largest absolute Gasteiger partial charge is 0.394 e. The van der Waals surface area contributed by atoms with Crippen LogP contribution in [0.1, 0.15) is 25.3 Å². The summed E-state index contributed by atoms with van der Waals surface area (Å²) in [5.41, 5.74) is -0.669. The summed E-state index contributed by atoms with van der Waals surface area (Å²) >= 11 is 0. The summed E-state index contributed by atoms with van der Waals surface area (Å²) in [5, 5.41) is 14.7. The maximum Gasteiger partial charge on any atom is 0.315 e. The molecule has 1 aliphatic carbocycles. The number of nitrogens with one attached hydrogen (secondary N) is 2. The van der Waals surface area contributed by atoms with Gasteiger partial charge in [0.2, 0.25) is 0 Å². The Balaban J connectivity index is 1.82. The van der Waals surface area contributed by atoms with E-state index in [2.05, 4.69) is 10.6 Å². The first kappa shape index (κ1) is 15.7. The number of hydrogen-bond donors (Lipinski definition) is 3. The lowest BCUT2D eigenvalue weighted by Crippen LogP contribution is -2.54. The van der Waals surface area contributed by atoms with Crippen molar-refractivity contribution in [3.63, 3.8) is 0 Å². The summed E-state index contributed by atoms with van der Waals surface area (Å²) in [5.74, 6) is -0.942. The van der Waals surface area contributed by atoms with Crippen molar-refractivity contribution in [2.45, 2.75) is 31.7 Å². The lowest BCUT2D eigenvalue weighted by atomic mass is 9.97. The van der Waals surface area contributed by atoms with Gasteiger partial charge in [0.05, 0.1) is 12.1 Å². The topological polar surface area (TPSA) is 61.4 Å². The lowest BCUT2D eigenvalue weighted by Gasteiger charge is -2.28. The molecule has 1 saturated carbocycles. The normalized spacial score (nSPS) is 17.1.